The van der Waals surface area contributed by atoms with Crippen LogP contribution in [0.15, 0.2) is 67.3 Å². The van der Waals surface area contributed by atoms with E-state index in [1.54, 1.807) is 7.11 Å². The topological polar surface area (TPSA) is 59.8 Å². The van der Waals surface area contributed by atoms with Gasteiger partial charge in [0.1, 0.15) is 11.5 Å². The highest BCUT2D eigenvalue weighted by Crippen LogP contribution is 2.32. The lowest BCUT2D eigenvalue weighted by Gasteiger charge is -2.25. The molecule has 0 saturated heterocycles. The van der Waals surface area contributed by atoms with Crippen molar-refractivity contribution in [1.82, 2.24) is 14.7 Å². The first-order valence-electron chi connectivity index (χ1n) is 11.5. The second kappa shape index (κ2) is 12.2. The Hall–Kier alpha value is -3.09. The lowest BCUT2D eigenvalue weighted by Crippen LogP contribution is -2.33. The Morgan fingerprint density at radius 2 is 1.82 bits per heavy atom. The molecule has 1 N–H and O–H groups in total. The molecule has 2 aromatic carbocycles. The van der Waals surface area contributed by atoms with Gasteiger partial charge >= 0.3 is 0 Å². The van der Waals surface area contributed by atoms with Crippen LogP contribution in [-0.4, -0.2) is 46.1 Å². The van der Waals surface area contributed by atoms with Gasteiger partial charge in [0.15, 0.2) is 0 Å². The van der Waals surface area contributed by atoms with E-state index < -0.39 is 6.10 Å². The summed E-state index contributed by atoms with van der Waals surface area (Å²) >= 11 is 0. The molecular formula is C27H35N3O3. The maximum Gasteiger partial charge on any atom is 0.227 e. The van der Waals surface area contributed by atoms with E-state index in [0.29, 0.717) is 31.1 Å². The number of ether oxygens (including phenoxy) is 2. The highest BCUT2D eigenvalue weighted by molar-refractivity contribution is 5.44. The second-order valence-electron chi connectivity index (χ2n) is 8.15. The van der Waals surface area contributed by atoms with E-state index in [4.69, 9.17) is 14.6 Å². The molecule has 0 aliphatic carbocycles. The summed E-state index contributed by atoms with van der Waals surface area (Å²) in [5, 5.41) is 15.3. The fraction of sp³-hybridized carbons (Fsp3) is 0.370. The fourth-order valence-corrected chi connectivity index (χ4v) is 3.80. The molecule has 0 saturated carbocycles. The third-order valence-corrected chi connectivity index (χ3v) is 5.51. The van der Waals surface area contributed by atoms with Gasteiger partial charge in [0, 0.05) is 13.1 Å². The Morgan fingerprint density at radius 1 is 1.12 bits per heavy atom. The lowest BCUT2D eigenvalue weighted by molar-refractivity contribution is 0.102. The zero-order valence-corrected chi connectivity index (χ0v) is 19.9. The number of aromatic nitrogens is 2. The summed E-state index contributed by atoms with van der Waals surface area (Å²) in [6.07, 6.45) is 3.96. The Bertz CT molecular complexity index is 999. The molecule has 176 valence electrons. The normalized spacial score (nSPS) is 12.0. The van der Waals surface area contributed by atoms with Crippen LogP contribution >= 0.6 is 0 Å². The number of para-hydroxylation sites is 1. The molecule has 0 amide bonds. The molecule has 0 fully saturated rings. The summed E-state index contributed by atoms with van der Waals surface area (Å²) < 4.78 is 13.5. The van der Waals surface area contributed by atoms with Gasteiger partial charge in [-0.2, -0.15) is 5.10 Å². The van der Waals surface area contributed by atoms with Crippen molar-refractivity contribution in [3.8, 4) is 23.1 Å². The monoisotopic (exact) mass is 449 g/mol. The zero-order chi connectivity index (χ0) is 23.6. The van der Waals surface area contributed by atoms with Crippen LogP contribution in [0.4, 0.5) is 0 Å². The minimum atomic E-state index is -0.398. The van der Waals surface area contributed by atoms with Gasteiger partial charge in [-0.3, -0.25) is 4.90 Å². The van der Waals surface area contributed by atoms with E-state index in [1.807, 2.05) is 72.3 Å². The number of rotatable bonds is 13. The summed E-state index contributed by atoms with van der Waals surface area (Å²) in [6, 6.07) is 17.5. The number of allylic oxidation sites excluding steroid dienone is 1. The van der Waals surface area contributed by atoms with E-state index >= 15 is 0 Å². The van der Waals surface area contributed by atoms with E-state index in [-0.39, 0.29) is 0 Å². The van der Waals surface area contributed by atoms with Gasteiger partial charge in [-0.15, -0.1) is 6.58 Å². The first-order valence-corrected chi connectivity index (χ1v) is 11.5. The molecule has 6 nitrogen and oxygen atoms in total. The van der Waals surface area contributed by atoms with Gasteiger partial charge < -0.3 is 14.6 Å². The molecule has 3 aromatic rings. The van der Waals surface area contributed by atoms with Gasteiger partial charge in [-0.05, 0) is 69.1 Å². The first-order chi connectivity index (χ1) is 16.0. The standard InChI is InChI=1S/C27H35N3O3/c1-5-7-13-23(31)19-29(18-6-2)20-26-21(3)28-30(22-11-9-8-10-12-22)27(26)33-25-16-14-24(32-4)15-17-25/h5,8-12,14-17,23,31H,1,6-7,13,18-20H2,2-4H3/t23-/m1/s1. The Labute approximate surface area is 197 Å². The number of methoxy groups -OCH3 is 1. The highest BCUT2D eigenvalue weighted by Gasteiger charge is 2.22. The zero-order valence-electron chi connectivity index (χ0n) is 19.9. The van der Waals surface area contributed by atoms with Crippen molar-refractivity contribution in [3.05, 3.63) is 78.5 Å². The van der Waals surface area contributed by atoms with Crippen molar-refractivity contribution in [2.24, 2.45) is 0 Å². The minimum Gasteiger partial charge on any atom is -0.497 e. The molecule has 0 aliphatic rings. The van der Waals surface area contributed by atoms with Gasteiger partial charge in [0.05, 0.1) is 30.2 Å². The van der Waals surface area contributed by atoms with Gasteiger partial charge in [0.2, 0.25) is 5.88 Å². The average Bonchev–Trinajstić information content (AvgIpc) is 3.13. The predicted octanol–water partition coefficient (Wildman–Crippen LogP) is 5.52. The molecule has 0 radical (unpaired) electrons. The number of aliphatic hydroxyl groups is 1. The SMILES string of the molecule is C=CCC[C@@H](O)CN(CCC)Cc1c(C)nn(-c2ccccc2)c1Oc1ccc(OC)cc1. The summed E-state index contributed by atoms with van der Waals surface area (Å²) in [4.78, 5) is 2.27. The maximum absolute atomic E-state index is 10.5. The molecule has 0 bridgehead atoms. The first kappa shape index (κ1) is 24.6. The second-order valence-corrected chi connectivity index (χ2v) is 8.15. The van der Waals surface area contributed by atoms with Crippen LogP contribution in [0, 0.1) is 6.92 Å². The van der Waals surface area contributed by atoms with Crippen LogP contribution in [0.3, 0.4) is 0 Å². The van der Waals surface area contributed by atoms with Crippen LogP contribution in [0.25, 0.3) is 5.69 Å². The number of benzene rings is 2. The summed E-state index contributed by atoms with van der Waals surface area (Å²) in [6.45, 7) is 10.0. The molecular weight excluding hydrogens is 414 g/mol. The minimum absolute atomic E-state index is 0.398. The van der Waals surface area contributed by atoms with Crippen LogP contribution in [0.1, 0.15) is 37.4 Å². The maximum atomic E-state index is 10.5. The average molecular weight is 450 g/mol. The van der Waals surface area contributed by atoms with E-state index in [9.17, 15) is 5.11 Å². The Morgan fingerprint density at radius 3 is 2.45 bits per heavy atom. The molecule has 1 aromatic heterocycles. The third-order valence-electron chi connectivity index (χ3n) is 5.51. The van der Waals surface area contributed by atoms with E-state index in [2.05, 4.69) is 18.4 Å². The number of aliphatic hydroxyl groups excluding tert-OH is 1. The number of hydrogen-bond donors (Lipinski definition) is 1. The van der Waals surface area contributed by atoms with Crippen molar-refractivity contribution in [1.29, 1.82) is 0 Å². The molecule has 33 heavy (non-hydrogen) atoms. The van der Waals surface area contributed by atoms with Crippen molar-refractivity contribution in [2.75, 3.05) is 20.2 Å². The lowest BCUT2D eigenvalue weighted by atomic mass is 10.1. The molecule has 0 spiro atoms. The van der Waals surface area contributed by atoms with Crippen LogP contribution in [-0.2, 0) is 6.54 Å². The quantitative estimate of drug-likeness (QED) is 0.348. The van der Waals surface area contributed by atoms with Gasteiger partial charge in [-0.1, -0.05) is 31.2 Å². The summed E-state index contributed by atoms with van der Waals surface area (Å²) in [5.41, 5.74) is 2.85. The van der Waals surface area contributed by atoms with E-state index in [0.717, 1.165) is 42.1 Å². The van der Waals surface area contributed by atoms with Crippen molar-refractivity contribution in [2.45, 2.75) is 45.8 Å². The van der Waals surface area contributed by atoms with Crippen molar-refractivity contribution in [3.63, 3.8) is 0 Å². The Kier molecular flexibility index (Phi) is 9.10. The fourth-order valence-electron chi connectivity index (χ4n) is 3.80. The predicted molar refractivity (Wildman–Crippen MR) is 132 cm³/mol. The molecule has 0 unspecified atom stereocenters. The number of aryl methyl sites for hydroxylation is 1. The molecule has 1 heterocycles. The van der Waals surface area contributed by atoms with Crippen molar-refractivity contribution >= 4 is 0 Å². The summed E-state index contributed by atoms with van der Waals surface area (Å²) in [5.74, 6) is 2.17. The molecule has 1 atom stereocenters. The molecule has 0 aliphatic heterocycles. The van der Waals surface area contributed by atoms with Gasteiger partial charge in [0.25, 0.3) is 0 Å². The van der Waals surface area contributed by atoms with Gasteiger partial charge in [-0.25, -0.2) is 4.68 Å². The van der Waals surface area contributed by atoms with Crippen LogP contribution in [0.5, 0.6) is 17.4 Å². The smallest absolute Gasteiger partial charge is 0.227 e. The third kappa shape index (κ3) is 6.70. The van der Waals surface area contributed by atoms with Crippen molar-refractivity contribution < 1.29 is 14.6 Å². The molecule has 3 rings (SSSR count). The number of nitrogens with zero attached hydrogens (tertiary/aromatic N) is 3. The van der Waals surface area contributed by atoms with Crippen LogP contribution < -0.4 is 9.47 Å². The van der Waals surface area contributed by atoms with E-state index in [1.165, 1.54) is 0 Å². The van der Waals surface area contributed by atoms with Crippen LogP contribution in [0.2, 0.25) is 0 Å². The summed E-state index contributed by atoms with van der Waals surface area (Å²) in [7, 11) is 1.65. The Balaban J connectivity index is 1.94. The molecule has 6 heteroatoms. The highest BCUT2D eigenvalue weighted by atomic mass is 16.5. The largest absolute Gasteiger partial charge is 0.497 e. The number of hydrogen-bond acceptors (Lipinski definition) is 5.